The van der Waals surface area contributed by atoms with Crippen LogP contribution in [0.1, 0.15) is 11.1 Å². The molecule has 31 heavy (non-hydrogen) atoms. The van der Waals surface area contributed by atoms with E-state index in [1.165, 1.54) is 36.4 Å². The highest BCUT2D eigenvalue weighted by Crippen LogP contribution is 2.34. The molecule has 0 amide bonds. The molecule has 0 bridgehead atoms. The highest BCUT2D eigenvalue weighted by Gasteiger charge is 2.35. The lowest BCUT2D eigenvalue weighted by atomic mass is 10.2. The number of benzene rings is 2. The largest absolute Gasteiger partial charge is 0.421 e. The maximum Gasteiger partial charge on any atom is 0.421 e. The summed E-state index contributed by atoms with van der Waals surface area (Å²) in [5, 5.41) is 11.0. The number of halogens is 5. The van der Waals surface area contributed by atoms with Crippen molar-refractivity contribution in [2.45, 2.75) is 17.6 Å². The van der Waals surface area contributed by atoms with Crippen LogP contribution in [-0.4, -0.2) is 18.4 Å². The fourth-order valence-electron chi connectivity index (χ4n) is 2.47. The first-order valence-electron chi connectivity index (χ1n) is 8.45. The molecule has 0 saturated carbocycles. The van der Waals surface area contributed by atoms with E-state index in [0.717, 1.165) is 0 Å². The number of nitrogens with two attached hydrogens (primary N) is 1. The normalized spacial score (nSPS) is 11.9. The van der Waals surface area contributed by atoms with E-state index in [-0.39, 0.29) is 22.4 Å². The predicted octanol–water partition coefficient (Wildman–Crippen LogP) is 4.81. The fourth-order valence-corrected chi connectivity index (χ4v) is 3.28. The number of sulfonamides is 1. The Kier molecular flexibility index (Phi) is 6.60. The summed E-state index contributed by atoms with van der Waals surface area (Å²) >= 11 is 11.8. The van der Waals surface area contributed by atoms with Gasteiger partial charge in [0.1, 0.15) is 11.4 Å². The standard InChI is InChI=1S/C18H14Cl2F3N5O2S/c19-14-6-3-11(7-15(14)20)27-17-26-9-13(18(21,22)23)16(28-17)25-8-10-1-4-12(5-2-10)31(24,29)30/h1-7,9H,8H2,(H2,24,29,30)(H2,25,26,27,28). The minimum absolute atomic E-state index is 0.0583. The first kappa shape index (κ1) is 23.1. The summed E-state index contributed by atoms with van der Waals surface area (Å²) in [6, 6.07) is 9.93. The van der Waals surface area contributed by atoms with Crippen molar-refractivity contribution in [3.8, 4) is 0 Å². The van der Waals surface area contributed by atoms with Gasteiger partial charge in [-0.3, -0.25) is 0 Å². The Labute approximate surface area is 185 Å². The van der Waals surface area contributed by atoms with E-state index in [1.807, 2.05) is 0 Å². The number of hydrogen-bond acceptors (Lipinski definition) is 6. The molecule has 164 valence electrons. The summed E-state index contributed by atoms with van der Waals surface area (Å²) in [6.45, 7) is -0.0583. The van der Waals surface area contributed by atoms with Crippen molar-refractivity contribution in [2.24, 2.45) is 5.14 Å². The molecular weight excluding hydrogens is 478 g/mol. The van der Waals surface area contributed by atoms with Crippen molar-refractivity contribution >= 4 is 50.7 Å². The third-order valence-corrected chi connectivity index (χ3v) is 5.65. The topological polar surface area (TPSA) is 110 Å². The maximum atomic E-state index is 13.4. The van der Waals surface area contributed by atoms with E-state index in [0.29, 0.717) is 22.5 Å². The number of aromatic nitrogens is 2. The molecule has 7 nitrogen and oxygen atoms in total. The molecule has 0 atom stereocenters. The number of nitrogens with zero attached hydrogens (tertiary/aromatic N) is 2. The third kappa shape index (κ3) is 5.97. The van der Waals surface area contributed by atoms with Gasteiger partial charge in [-0.1, -0.05) is 35.3 Å². The number of hydrogen-bond donors (Lipinski definition) is 3. The molecule has 4 N–H and O–H groups in total. The van der Waals surface area contributed by atoms with Crippen LogP contribution in [0.3, 0.4) is 0 Å². The third-order valence-electron chi connectivity index (χ3n) is 3.98. The van der Waals surface area contributed by atoms with Gasteiger partial charge in [-0.05, 0) is 35.9 Å². The Hall–Kier alpha value is -2.60. The second kappa shape index (κ2) is 8.87. The summed E-state index contributed by atoms with van der Waals surface area (Å²) in [6.07, 6.45) is -4.04. The van der Waals surface area contributed by atoms with Gasteiger partial charge in [-0.15, -0.1) is 0 Å². The summed E-state index contributed by atoms with van der Waals surface area (Å²) in [5.41, 5.74) is -0.120. The molecular formula is C18H14Cl2F3N5O2S. The molecule has 0 aliphatic carbocycles. The van der Waals surface area contributed by atoms with E-state index in [1.54, 1.807) is 6.07 Å². The SMILES string of the molecule is NS(=O)(=O)c1ccc(CNc2nc(Nc3ccc(Cl)c(Cl)c3)ncc2C(F)(F)F)cc1. The van der Waals surface area contributed by atoms with Gasteiger partial charge in [0.25, 0.3) is 0 Å². The zero-order valence-electron chi connectivity index (χ0n) is 15.4. The summed E-state index contributed by atoms with van der Waals surface area (Å²) in [7, 11) is -3.87. The van der Waals surface area contributed by atoms with Crippen LogP contribution in [-0.2, 0) is 22.7 Å². The highest BCUT2D eigenvalue weighted by atomic mass is 35.5. The van der Waals surface area contributed by atoms with Crippen LogP contribution in [0.25, 0.3) is 0 Å². The van der Waals surface area contributed by atoms with Crippen molar-refractivity contribution in [3.05, 3.63) is 69.8 Å². The van der Waals surface area contributed by atoms with Crippen LogP contribution in [0, 0.1) is 0 Å². The van der Waals surface area contributed by atoms with Crippen molar-refractivity contribution in [1.29, 1.82) is 0 Å². The van der Waals surface area contributed by atoms with Crippen LogP contribution in [0.2, 0.25) is 10.0 Å². The van der Waals surface area contributed by atoms with Crippen LogP contribution in [0.15, 0.2) is 53.6 Å². The van der Waals surface area contributed by atoms with Crippen molar-refractivity contribution in [1.82, 2.24) is 9.97 Å². The molecule has 0 saturated heterocycles. The summed E-state index contributed by atoms with van der Waals surface area (Å²) in [4.78, 5) is 7.51. The molecule has 0 aliphatic heterocycles. The van der Waals surface area contributed by atoms with Crippen LogP contribution in [0.4, 0.5) is 30.6 Å². The monoisotopic (exact) mass is 491 g/mol. The van der Waals surface area contributed by atoms with Gasteiger partial charge in [0, 0.05) is 18.4 Å². The second-order valence-electron chi connectivity index (χ2n) is 6.25. The number of anilines is 3. The minimum atomic E-state index is -4.69. The van der Waals surface area contributed by atoms with Gasteiger partial charge in [0.2, 0.25) is 16.0 Å². The molecule has 0 radical (unpaired) electrons. The lowest BCUT2D eigenvalue weighted by molar-refractivity contribution is -0.137. The summed E-state index contributed by atoms with van der Waals surface area (Å²) < 4.78 is 62.7. The average Bonchev–Trinajstić information content (AvgIpc) is 2.68. The van der Waals surface area contributed by atoms with Gasteiger partial charge in [0.05, 0.1) is 14.9 Å². The first-order chi connectivity index (χ1) is 14.4. The molecule has 1 aromatic heterocycles. The fraction of sp³-hybridized carbons (Fsp3) is 0.111. The van der Waals surface area contributed by atoms with Gasteiger partial charge >= 0.3 is 6.18 Å². The number of alkyl halides is 3. The highest BCUT2D eigenvalue weighted by molar-refractivity contribution is 7.89. The molecule has 3 rings (SSSR count). The van der Waals surface area contributed by atoms with Gasteiger partial charge < -0.3 is 10.6 Å². The molecule has 0 unspecified atom stereocenters. The molecule has 0 aliphatic rings. The zero-order chi connectivity index (χ0) is 22.8. The lowest BCUT2D eigenvalue weighted by Crippen LogP contribution is -2.15. The lowest BCUT2D eigenvalue weighted by Gasteiger charge is -2.15. The summed E-state index contributed by atoms with van der Waals surface area (Å²) in [5.74, 6) is -0.556. The van der Waals surface area contributed by atoms with Crippen molar-refractivity contribution < 1.29 is 21.6 Å². The number of primary sulfonamides is 1. The minimum Gasteiger partial charge on any atom is -0.365 e. The van der Waals surface area contributed by atoms with E-state index in [2.05, 4.69) is 20.6 Å². The first-order valence-corrected chi connectivity index (χ1v) is 10.8. The quantitative estimate of drug-likeness (QED) is 0.456. The van der Waals surface area contributed by atoms with E-state index >= 15 is 0 Å². The van der Waals surface area contributed by atoms with Crippen LogP contribution in [0.5, 0.6) is 0 Å². The zero-order valence-corrected chi connectivity index (χ0v) is 17.7. The Morgan fingerprint density at radius 3 is 2.29 bits per heavy atom. The molecule has 3 aromatic rings. The Morgan fingerprint density at radius 1 is 1.03 bits per heavy atom. The van der Waals surface area contributed by atoms with Gasteiger partial charge in [0.15, 0.2) is 0 Å². The molecule has 0 fully saturated rings. The smallest absolute Gasteiger partial charge is 0.365 e. The number of rotatable bonds is 6. The van der Waals surface area contributed by atoms with Gasteiger partial charge in [-0.2, -0.15) is 18.2 Å². The molecule has 13 heteroatoms. The maximum absolute atomic E-state index is 13.4. The van der Waals surface area contributed by atoms with E-state index < -0.39 is 27.6 Å². The van der Waals surface area contributed by atoms with Crippen molar-refractivity contribution in [2.75, 3.05) is 10.6 Å². The Morgan fingerprint density at radius 2 is 1.71 bits per heavy atom. The predicted molar refractivity (Wildman–Crippen MR) is 112 cm³/mol. The van der Waals surface area contributed by atoms with E-state index in [9.17, 15) is 21.6 Å². The molecule has 0 spiro atoms. The van der Waals surface area contributed by atoms with E-state index in [4.69, 9.17) is 28.3 Å². The molecule has 2 aromatic carbocycles. The number of nitrogens with one attached hydrogen (secondary N) is 2. The Balaban J connectivity index is 1.84. The van der Waals surface area contributed by atoms with Crippen molar-refractivity contribution in [3.63, 3.8) is 0 Å². The van der Waals surface area contributed by atoms with Crippen LogP contribution < -0.4 is 15.8 Å². The Bertz CT molecular complexity index is 1210. The molecule has 1 heterocycles. The van der Waals surface area contributed by atoms with Gasteiger partial charge in [-0.25, -0.2) is 18.5 Å². The average molecular weight is 492 g/mol. The second-order valence-corrected chi connectivity index (χ2v) is 8.63. The van der Waals surface area contributed by atoms with Crippen LogP contribution >= 0.6 is 23.2 Å².